The number of likely N-dealkylation sites (tertiary alicyclic amines) is 1. The van der Waals surface area contributed by atoms with Crippen molar-refractivity contribution in [1.82, 2.24) is 4.90 Å². The van der Waals surface area contributed by atoms with E-state index in [9.17, 15) is 14.4 Å². The number of hydrogen-bond acceptors (Lipinski definition) is 3. The highest BCUT2D eigenvalue weighted by Crippen LogP contribution is 2.29. The number of amides is 1. The number of rotatable bonds is 6. The number of piperidine rings is 1. The quantitative estimate of drug-likeness (QED) is 0.813. The molecule has 0 aliphatic carbocycles. The zero-order chi connectivity index (χ0) is 17.7. The maximum absolute atomic E-state index is 12.5. The van der Waals surface area contributed by atoms with Crippen molar-refractivity contribution in [2.45, 2.75) is 39.5 Å². The van der Waals surface area contributed by atoms with Gasteiger partial charge in [-0.05, 0) is 18.3 Å². The zero-order valence-corrected chi connectivity index (χ0v) is 14.3. The van der Waals surface area contributed by atoms with Crippen LogP contribution >= 0.6 is 0 Å². The van der Waals surface area contributed by atoms with Gasteiger partial charge in [-0.3, -0.25) is 14.4 Å². The second-order valence-corrected chi connectivity index (χ2v) is 7.30. The van der Waals surface area contributed by atoms with Crippen molar-refractivity contribution >= 4 is 17.7 Å². The number of carbonyl (C=O) groups excluding carboxylic acids is 2. The van der Waals surface area contributed by atoms with E-state index in [1.807, 2.05) is 32.0 Å². The van der Waals surface area contributed by atoms with Crippen LogP contribution in [0.5, 0.6) is 0 Å². The highest BCUT2D eigenvalue weighted by Gasteiger charge is 2.31. The Hall–Kier alpha value is -2.17. The van der Waals surface area contributed by atoms with E-state index in [-0.39, 0.29) is 17.6 Å². The SMILES string of the molecule is CC(C)(CC(=O)c1ccccc1)CC(=O)N1CCC(C(=O)O)CC1. The summed E-state index contributed by atoms with van der Waals surface area (Å²) in [6.45, 7) is 4.82. The predicted octanol–water partition coefficient (Wildman–Crippen LogP) is 3.00. The highest BCUT2D eigenvalue weighted by molar-refractivity contribution is 5.96. The Bertz CT molecular complexity index is 601. The van der Waals surface area contributed by atoms with Crippen LogP contribution in [0.4, 0.5) is 0 Å². The number of nitrogens with zero attached hydrogens (tertiary/aromatic N) is 1. The Morgan fingerprint density at radius 1 is 1.08 bits per heavy atom. The molecule has 0 saturated carbocycles. The molecular weight excluding hydrogens is 306 g/mol. The molecule has 1 fully saturated rings. The molecule has 0 aromatic heterocycles. The first-order chi connectivity index (χ1) is 11.3. The average molecular weight is 331 g/mol. The Balaban J connectivity index is 1.88. The number of hydrogen-bond donors (Lipinski definition) is 1. The summed E-state index contributed by atoms with van der Waals surface area (Å²) in [5, 5.41) is 9.02. The molecule has 0 bridgehead atoms. The van der Waals surface area contributed by atoms with Gasteiger partial charge in [0.05, 0.1) is 5.92 Å². The molecule has 2 rings (SSSR count). The van der Waals surface area contributed by atoms with E-state index in [0.29, 0.717) is 44.3 Å². The number of ketones is 1. The van der Waals surface area contributed by atoms with E-state index in [1.54, 1.807) is 17.0 Å². The first-order valence-electron chi connectivity index (χ1n) is 8.37. The minimum Gasteiger partial charge on any atom is -0.481 e. The van der Waals surface area contributed by atoms with E-state index in [0.717, 1.165) is 0 Å². The Morgan fingerprint density at radius 3 is 2.21 bits per heavy atom. The fourth-order valence-corrected chi connectivity index (χ4v) is 3.12. The minimum absolute atomic E-state index is 0.00435. The van der Waals surface area contributed by atoms with E-state index in [4.69, 9.17) is 5.11 Å². The fraction of sp³-hybridized carbons (Fsp3) is 0.526. The van der Waals surface area contributed by atoms with Crippen LogP contribution in [0.25, 0.3) is 0 Å². The van der Waals surface area contributed by atoms with Gasteiger partial charge in [0, 0.05) is 31.5 Å². The summed E-state index contributed by atoms with van der Waals surface area (Å²) >= 11 is 0. The second-order valence-electron chi connectivity index (χ2n) is 7.30. The second kappa shape index (κ2) is 7.60. The summed E-state index contributed by atoms with van der Waals surface area (Å²) in [5.74, 6) is -1.08. The van der Waals surface area contributed by atoms with Crippen molar-refractivity contribution < 1.29 is 19.5 Å². The van der Waals surface area contributed by atoms with Crippen molar-refractivity contribution in [1.29, 1.82) is 0 Å². The molecule has 5 heteroatoms. The molecule has 1 heterocycles. The lowest BCUT2D eigenvalue weighted by atomic mass is 9.82. The van der Waals surface area contributed by atoms with Gasteiger partial charge in [-0.2, -0.15) is 0 Å². The van der Waals surface area contributed by atoms with Crippen LogP contribution in [-0.4, -0.2) is 40.8 Å². The van der Waals surface area contributed by atoms with Crippen molar-refractivity contribution in [3.63, 3.8) is 0 Å². The number of carboxylic acid groups (broad SMARTS) is 1. The predicted molar refractivity (Wildman–Crippen MR) is 90.7 cm³/mol. The largest absolute Gasteiger partial charge is 0.481 e. The maximum Gasteiger partial charge on any atom is 0.306 e. The Labute approximate surface area is 142 Å². The van der Waals surface area contributed by atoms with Crippen molar-refractivity contribution in [3.05, 3.63) is 35.9 Å². The third kappa shape index (κ3) is 4.91. The van der Waals surface area contributed by atoms with Gasteiger partial charge >= 0.3 is 5.97 Å². The van der Waals surface area contributed by atoms with Gasteiger partial charge in [-0.1, -0.05) is 44.2 Å². The highest BCUT2D eigenvalue weighted by atomic mass is 16.4. The minimum atomic E-state index is -0.782. The van der Waals surface area contributed by atoms with Crippen LogP contribution < -0.4 is 0 Å². The summed E-state index contributed by atoms with van der Waals surface area (Å²) in [4.78, 5) is 37.5. The van der Waals surface area contributed by atoms with Gasteiger partial charge < -0.3 is 10.0 Å². The van der Waals surface area contributed by atoms with Crippen LogP contribution in [0.3, 0.4) is 0 Å². The summed E-state index contributed by atoms with van der Waals surface area (Å²) in [7, 11) is 0. The third-order valence-corrected chi connectivity index (χ3v) is 4.56. The molecule has 1 N–H and O–H groups in total. The molecule has 0 spiro atoms. The van der Waals surface area contributed by atoms with E-state index < -0.39 is 11.4 Å². The van der Waals surface area contributed by atoms with Crippen molar-refractivity contribution in [2.75, 3.05) is 13.1 Å². The lowest BCUT2D eigenvalue weighted by Gasteiger charge is -2.33. The lowest BCUT2D eigenvalue weighted by Crippen LogP contribution is -2.41. The Kier molecular flexibility index (Phi) is 5.75. The zero-order valence-electron chi connectivity index (χ0n) is 14.3. The molecule has 1 aliphatic rings. The van der Waals surface area contributed by atoms with E-state index in [2.05, 4.69) is 0 Å². The normalized spacial score (nSPS) is 16.0. The maximum atomic E-state index is 12.5. The molecule has 130 valence electrons. The lowest BCUT2D eigenvalue weighted by molar-refractivity contribution is -0.146. The molecule has 1 aromatic rings. The smallest absolute Gasteiger partial charge is 0.306 e. The monoisotopic (exact) mass is 331 g/mol. The van der Waals surface area contributed by atoms with Gasteiger partial charge in [0.25, 0.3) is 0 Å². The first-order valence-corrected chi connectivity index (χ1v) is 8.37. The first kappa shape index (κ1) is 18.2. The molecule has 1 saturated heterocycles. The van der Waals surface area contributed by atoms with Gasteiger partial charge in [0.2, 0.25) is 5.91 Å². The van der Waals surface area contributed by atoms with Gasteiger partial charge in [0.15, 0.2) is 5.78 Å². The van der Waals surface area contributed by atoms with E-state index in [1.165, 1.54) is 0 Å². The van der Waals surface area contributed by atoms with E-state index >= 15 is 0 Å². The topological polar surface area (TPSA) is 74.7 Å². The summed E-state index contributed by atoms with van der Waals surface area (Å²) in [6, 6.07) is 9.11. The summed E-state index contributed by atoms with van der Waals surface area (Å²) < 4.78 is 0. The molecule has 0 unspecified atom stereocenters. The van der Waals surface area contributed by atoms with Crippen LogP contribution in [0.2, 0.25) is 0 Å². The summed E-state index contributed by atoms with van der Waals surface area (Å²) in [6.07, 6.45) is 1.62. The molecule has 5 nitrogen and oxygen atoms in total. The molecule has 1 amide bonds. The molecular formula is C19H25NO4. The number of benzene rings is 1. The number of carbonyl (C=O) groups is 3. The molecule has 0 radical (unpaired) electrons. The summed E-state index contributed by atoms with van der Waals surface area (Å²) in [5.41, 5.74) is 0.244. The average Bonchev–Trinajstić information content (AvgIpc) is 2.54. The molecule has 0 atom stereocenters. The van der Waals surface area contributed by atoms with Gasteiger partial charge in [-0.25, -0.2) is 0 Å². The fourth-order valence-electron chi connectivity index (χ4n) is 3.12. The van der Waals surface area contributed by atoms with Crippen LogP contribution in [-0.2, 0) is 9.59 Å². The number of carboxylic acids is 1. The standard InChI is InChI=1S/C19H25NO4/c1-19(2,12-16(21)14-6-4-3-5-7-14)13-17(22)20-10-8-15(9-11-20)18(23)24/h3-7,15H,8-13H2,1-2H3,(H,23,24). The van der Waals surface area contributed by atoms with Gasteiger partial charge in [0.1, 0.15) is 0 Å². The number of Topliss-reactive ketones (excluding diaryl/α,β-unsaturated/α-hetero) is 1. The van der Waals surface area contributed by atoms with Crippen LogP contribution in [0.1, 0.15) is 49.9 Å². The molecule has 1 aliphatic heterocycles. The van der Waals surface area contributed by atoms with Crippen LogP contribution in [0, 0.1) is 11.3 Å². The number of aliphatic carboxylic acids is 1. The van der Waals surface area contributed by atoms with Crippen LogP contribution in [0.15, 0.2) is 30.3 Å². The Morgan fingerprint density at radius 2 is 1.67 bits per heavy atom. The molecule has 1 aromatic carbocycles. The molecule has 24 heavy (non-hydrogen) atoms. The van der Waals surface area contributed by atoms with Crippen molar-refractivity contribution in [3.8, 4) is 0 Å². The van der Waals surface area contributed by atoms with Crippen molar-refractivity contribution in [2.24, 2.45) is 11.3 Å². The third-order valence-electron chi connectivity index (χ3n) is 4.56. The van der Waals surface area contributed by atoms with Gasteiger partial charge in [-0.15, -0.1) is 0 Å².